The van der Waals surface area contributed by atoms with Gasteiger partial charge < -0.3 is 15.0 Å². The Labute approximate surface area is 113 Å². The summed E-state index contributed by atoms with van der Waals surface area (Å²) in [6, 6.07) is 8.04. The zero-order valence-electron chi connectivity index (χ0n) is 11.3. The average molecular weight is 260 g/mol. The minimum atomic E-state index is -0.109. The molecule has 1 N–H and O–H groups in total. The molecular formula is C15H20N2O2. The summed E-state index contributed by atoms with van der Waals surface area (Å²) in [5.41, 5.74) is 2.33. The minimum Gasteiger partial charge on any atom is -0.377 e. The van der Waals surface area contributed by atoms with Gasteiger partial charge in [-0.05, 0) is 25.0 Å². The molecule has 0 bridgehead atoms. The lowest BCUT2D eigenvalue weighted by atomic mass is 10.1. The van der Waals surface area contributed by atoms with E-state index in [0.29, 0.717) is 6.54 Å². The number of benzene rings is 1. The average Bonchev–Trinajstić information content (AvgIpc) is 2.73. The molecule has 2 atom stereocenters. The predicted octanol–water partition coefficient (Wildman–Crippen LogP) is 1.66. The Kier molecular flexibility index (Phi) is 3.42. The minimum absolute atomic E-state index is 0.109. The molecule has 4 nitrogen and oxygen atoms in total. The number of para-hydroxylation sites is 1. The maximum absolute atomic E-state index is 12.6. The highest BCUT2D eigenvalue weighted by Gasteiger charge is 2.31. The molecule has 1 amide bonds. The van der Waals surface area contributed by atoms with E-state index in [9.17, 15) is 4.79 Å². The third-order valence-corrected chi connectivity index (χ3v) is 3.83. The Morgan fingerprint density at radius 3 is 3.11 bits per heavy atom. The first-order chi connectivity index (χ1) is 9.24. The van der Waals surface area contributed by atoms with Crippen molar-refractivity contribution >= 4 is 11.6 Å². The fourth-order valence-corrected chi connectivity index (χ4v) is 2.86. The van der Waals surface area contributed by atoms with Crippen molar-refractivity contribution < 1.29 is 9.53 Å². The zero-order chi connectivity index (χ0) is 13.2. The number of fused-ring (bicyclic) bond motifs is 1. The molecular weight excluding hydrogens is 240 g/mol. The normalized spacial score (nSPS) is 26.5. The van der Waals surface area contributed by atoms with Gasteiger partial charge in [0.1, 0.15) is 6.04 Å². The second-order valence-corrected chi connectivity index (χ2v) is 5.38. The van der Waals surface area contributed by atoms with Crippen LogP contribution < -0.4 is 5.32 Å². The Bertz CT molecular complexity index is 450. The summed E-state index contributed by atoms with van der Waals surface area (Å²) >= 11 is 0. The van der Waals surface area contributed by atoms with Crippen LogP contribution in [0.15, 0.2) is 24.3 Å². The molecule has 19 heavy (non-hydrogen) atoms. The lowest BCUT2D eigenvalue weighted by molar-refractivity contribution is -0.132. The standard InChI is InChI=1S/C15H20N2O2/c1-11-10-17(7-4-8-19-11)15(18)14-9-12-5-2-3-6-13(12)16-14/h2-3,5-6,11,14,16H,4,7-10H2,1H3/t11-,14+/m1/s1. The summed E-state index contributed by atoms with van der Waals surface area (Å²) in [5, 5.41) is 3.33. The highest BCUT2D eigenvalue weighted by atomic mass is 16.5. The SMILES string of the molecule is C[C@@H]1CN(C(=O)[C@@H]2Cc3ccccc3N2)CCCO1. The third-order valence-electron chi connectivity index (χ3n) is 3.83. The van der Waals surface area contributed by atoms with Crippen LogP contribution in [0.3, 0.4) is 0 Å². The molecule has 0 radical (unpaired) electrons. The van der Waals surface area contributed by atoms with Crippen molar-refractivity contribution in [3.8, 4) is 0 Å². The van der Waals surface area contributed by atoms with Gasteiger partial charge >= 0.3 is 0 Å². The predicted molar refractivity (Wildman–Crippen MR) is 74.2 cm³/mol. The second kappa shape index (κ2) is 5.21. The molecule has 3 rings (SSSR count). The lowest BCUT2D eigenvalue weighted by Gasteiger charge is -2.25. The number of amides is 1. The third kappa shape index (κ3) is 2.59. The molecule has 0 aromatic heterocycles. The van der Waals surface area contributed by atoms with Crippen LogP contribution in [0.25, 0.3) is 0 Å². The summed E-state index contributed by atoms with van der Waals surface area (Å²) < 4.78 is 5.59. The van der Waals surface area contributed by atoms with Crippen LogP contribution in [0.1, 0.15) is 18.9 Å². The van der Waals surface area contributed by atoms with Crippen molar-refractivity contribution in [1.82, 2.24) is 4.90 Å². The molecule has 0 aliphatic carbocycles. The Morgan fingerprint density at radius 1 is 1.42 bits per heavy atom. The van der Waals surface area contributed by atoms with E-state index < -0.39 is 0 Å². The summed E-state index contributed by atoms with van der Waals surface area (Å²) in [6.45, 7) is 4.29. The van der Waals surface area contributed by atoms with E-state index in [1.54, 1.807) is 0 Å². The molecule has 1 fully saturated rings. The second-order valence-electron chi connectivity index (χ2n) is 5.38. The molecule has 1 aromatic carbocycles. The van der Waals surface area contributed by atoms with Gasteiger partial charge in [-0.3, -0.25) is 4.79 Å². The molecule has 0 saturated carbocycles. The van der Waals surface area contributed by atoms with Crippen LogP contribution in [0, 0.1) is 0 Å². The Morgan fingerprint density at radius 2 is 2.26 bits per heavy atom. The van der Waals surface area contributed by atoms with Gasteiger partial charge in [-0.1, -0.05) is 18.2 Å². The number of carbonyl (C=O) groups excluding carboxylic acids is 1. The number of nitrogens with one attached hydrogen (secondary N) is 1. The van der Waals surface area contributed by atoms with E-state index in [0.717, 1.165) is 31.7 Å². The molecule has 1 aromatic rings. The fourth-order valence-electron chi connectivity index (χ4n) is 2.86. The quantitative estimate of drug-likeness (QED) is 0.835. The largest absolute Gasteiger partial charge is 0.377 e. The number of carbonyl (C=O) groups is 1. The summed E-state index contributed by atoms with van der Waals surface area (Å²) in [7, 11) is 0. The molecule has 0 unspecified atom stereocenters. The molecule has 0 spiro atoms. The van der Waals surface area contributed by atoms with E-state index in [1.807, 2.05) is 30.0 Å². The van der Waals surface area contributed by atoms with E-state index in [2.05, 4.69) is 11.4 Å². The van der Waals surface area contributed by atoms with Crippen molar-refractivity contribution in [2.24, 2.45) is 0 Å². The summed E-state index contributed by atoms with van der Waals surface area (Å²) in [4.78, 5) is 14.5. The van der Waals surface area contributed by atoms with Crippen molar-refractivity contribution in [3.63, 3.8) is 0 Å². The van der Waals surface area contributed by atoms with Gasteiger partial charge in [0.2, 0.25) is 5.91 Å². The van der Waals surface area contributed by atoms with Gasteiger partial charge in [0.05, 0.1) is 6.10 Å². The smallest absolute Gasteiger partial charge is 0.245 e. The summed E-state index contributed by atoms with van der Waals surface area (Å²) in [5.74, 6) is 0.202. The van der Waals surface area contributed by atoms with Crippen molar-refractivity contribution in [2.45, 2.75) is 31.9 Å². The van der Waals surface area contributed by atoms with E-state index in [1.165, 1.54) is 5.56 Å². The Balaban J connectivity index is 1.68. The van der Waals surface area contributed by atoms with Crippen molar-refractivity contribution in [3.05, 3.63) is 29.8 Å². The maximum atomic E-state index is 12.6. The van der Waals surface area contributed by atoms with Crippen LogP contribution in [-0.4, -0.2) is 42.6 Å². The Hall–Kier alpha value is -1.55. The van der Waals surface area contributed by atoms with Gasteiger partial charge in [-0.2, -0.15) is 0 Å². The van der Waals surface area contributed by atoms with Gasteiger partial charge in [0.15, 0.2) is 0 Å². The highest BCUT2D eigenvalue weighted by molar-refractivity contribution is 5.87. The van der Waals surface area contributed by atoms with Crippen LogP contribution in [-0.2, 0) is 16.0 Å². The summed E-state index contributed by atoms with van der Waals surface area (Å²) in [6.07, 6.45) is 1.85. The number of hydrogen-bond donors (Lipinski definition) is 1. The van der Waals surface area contributed by atoms with Crippen molar-refractivity contribution in [1.29, 1.82) is 0 Å². The van der Waals surface area contributed by atoms with Gasteiger partial charge in [-0.25, -0.2) is 0 Å². The number of ether oxygens (including phenoxy) is 1. The van der Waals surface area contributed by atoms with Crippen molar-refractivity contribution in [2.75, 3.05) is 25.0 Å². The first-order valence-electron chi connectivity index (χ1n) is 6.99. The first kappa shape index (κ1) is 12.5. The number of hydrogen-bond acceptors (Lipinski definition) is 3. The monoisotopic (exact) mass is 260 g/mol. The molecule has 2 aliphatic heterocycles. The lowest BCUT2D eigenvalue weighted by Crippen LogP contribution is -2.44. The fraction of sp³-hybridized carbons (Fsp3) is 0.533. The van der Waals surface area contributed by atoms with Gasteiger partial charge in [0.25, 0.3) is 0 Å². The topological polar surface area (TPSA) is 41.6 Å². The maximum Gasteiger partial charge on any atom is 0.245 e. The van der Waals surface area contributed by atoms with E-state index >= 15 is 0 Å². The van der Waals surface area contributed by atoms with Gasteiger partial charge in [0, 0.05) is 31.8 Å². The molecule has 2 aliphatic rings. The number of nitrogens with zero attached hydrogens (tertiary/aromatic N) is 1. The zero-order valence-corrected chi connectivity index (χ0v) is 11.3. The van der Waals surface area contributed by atoms with E-state index in [-0.39, 0.29) is 18.1 Å². The van der Waals surface area contributed by atoms with E-state index in [4.69, 9.17) is 4.74 Å². The molecule has 102 valence electrons. The van der Waals surface area contributed by atoms with Crippen LogP contribution in [0.2, 0.25) is 0 Å². The molecule has 4 heteroatoms. The van der Waals surface area contributed by atoms with Crippen LogP contribution >= 0.6 is 0 Å². The van der Waals surface area contributed by atoms with Crippen LogP contribution in [0.4, 0.5) is 5.69 Å². The number of anilines is 1. The molecule has 1 saturated heterocycles. The number of rotatable bonds is 1. The molecule has 2 heterocycles. The van der Waals surface area contributed by atoms with Crippen LogP contribution in [0.5, 0.6) is 0 Å². The highest BCUT2D eigenvalue weighted by Crippen LogP contribution is 2.26. The van der Waals surface area contributed by atoms with Gasteiger partial charge in [-0.15, -0.1) is 0 Å². The first-order valence-corrected chi connectivity index (χ1v) is 6.99.